The van der Waals surface area contributed by atoms with Crippen LogP contribution in [0.3, 0.4) is 0 Å². The molecule has 0 saturated heterocycles. The normalized spacial score (nSPS) is 16.4. The van der Waals surface area contributed by atoms with Crippen LogP contribution in [0.15, 0.2) is 6.20 Å². The van der Waals surface area contributed by atoms with Gasteiger partial charge < -0.3 is 10.2 Å². The molecule has 0 bridgehead atoms. The topological polar surface area (TPSA) is 41.0 Å². The second-order valence-corrected chi connectivity index (χ2v) is 5.02. The molecular formula is C12H18ClFN4. The summed E-state index contributed by atoms with van der Waals surface area (Å²) >= 11 is 5.62. The maximum atomic E-state index is 13.3. The van der Waals surface area contributed by atoms with Gasteiger partial charge >= 0.3 is 0 Å². The largest absolute Gasteiger partial charge is 0.366 e. The highest BCUT2D eigenvalue weighted by Crippen LogP contribution is 2.22. The molecule has 4 nitrogen and oxygen atoms in total. The van der Waals surface area contributed by atoms with Crippen LogP contribution in [0, 0.1) is 5.82 Å². The van der Waals surface area contributed by atoms with Crippen LogP contribution in [0.5, 0.6) is 0 Å². The average molecular weight is 273 g/mol. The number of halogens is 2. The van der Waals surface area contributed by atoms with Crippen LogP contribution in [0.25, 0.3) is 0 Å². The highest BCUT2D eigenvalue weighted by Gasteiger charge is 2.18. The van der Waals surface area contributed by atoms with Crippen LogP contribution >= 0.6 is 11.6 Å². The quantitative estimate of drug-likeness (QED) is 0.837. The Bertz CT molecular complexity index is 396. The Labute approximate surface area is 112 Å². The van der Waals surface area contributed by atoms with E-state index in [9.17, 15) is 4.39 Å². The molecular weight excluding hydrogens is 255 g/mol. The minimum Gasteiger partial charge on any atom is -0.366 e. The number of rotatable bonds is 5. The fourth-order valence-electron chi connectivity index (χ4n) is 2.35. The highest BCUT2D eigenvalue weighted by molar-refractivity contribution is 6.28. The van der Waals surface area contributed by atoms with E-state index in [-0.39, 0.29) is 11.1 Å². The van der Waals surface area contributed by atoms with Gasteiger partial charge in [0.15, 0.2) is 11.6 Å². The Morgan fingerprint density at radius 3 is 2.94 bits per heavy atom. The van der Waals surface area contributed by atoms with Crippen molar-refractivity contribution in [3.8, 4) is 0 Å². The molecule has 1 aliphatic carbocycles. The van der Waals surface area contributed by atoms with E-state index in [2.05, 4.69) is 27.2 Å². The molecule has 1 aromatic rings. The van der Waals surface area contributed by atoms with Gasteiger partial charge in [0.25, 0.3) is 0 Å². The summed E-state index contributed by atoms with van der Waals surface area (Å²) in [5.74, 6) is -0.294. The molecule has 100 valence electrons. The molecule has 1 heterocycles. The second kappa shape index (κ2) is 6.29. The van der Waals surface area contributed by atoms with E-state index >= 15 is 0 Å². The Morgan fingerprint density at radius 1 is 1.50 bits per heavy atom. The number of hydrogen-bond donors (Lipinski definition) is 1. The van der Waals surface area contributed by atoms with E-state index in [0.29, 0.717) is 12.6 Å². The Hall–Kier alpha value is -0.940. The zero-order valence-electron chi connectivity index (χ0n) is 10.5. The maximum absolute atomic E-state index is 13.3. The van der Waals surface area contributed by atoms with Crippen LogP contribution in [0.1, 0.15) is 25.7 Å². The lowest BCUT2D eigenvalue weighted by molar-refractivity contribution is 0.254. The molecule has 0 unspecified atom stereocenters. The summed E-state index contributed by atoms with van der Waals surface area (Å²) in [5.41, 5.74) is 0. The first kappa shape index (κ1) is 13.5. The van der Waals surface area contributed by atoms with Gasteiger partial charge in [0.2, 0.25) is 5.28 Å². The smallest absolute Gasteiger partial charge is 0.224 e. The van der Waals surface area contributed by atoms with E-state index in [4.69, 9.17) is 11.6 Å². The third kappa shape index (κ3) is 3.53. The van der Waals surface area contributed by atoms with E-state index in [1.54, 1.807) is 0 Å². The Kier molecular flexibility index (Phi) is 4.72. The molecule has 0 aromatic carbocycles. The number of nitrogens with zero attached hydrogens (tertiary/aromatic N) is 3. The monoisotopic (exact) mass is 272 g/mol. The first-order valence-corrected chi connectivity index (χ1v) is 6.67. The van der Waals surface area contributed by atoms with Gasteiger partial charge in [0.05, 0.1) is 6.20 Å². The molecule has 2 rings (SSSR count). The maximum Gasteiger partial charge on any atom is 0.224 e. The number of aromatic nitrogens is 2. The Morgan fingerprint density at radius 2 is 2.22 bits per heavy atom. The summed E-state index contributed by atoms with van der Waals surface area (Å²) < 4.78 is 13.3. The van der Waals surface area contributed by atoms with Crippen molar-refractivity contribution in [1.82, 2.24) is 14.9 Å². The van der Waals surface area contributed by atoms with Crippen LogP contribution in [-0.4, -0.2) is 41.0 Å². The molecule has 1 N–H and O–H groups in total. The van der Waals surface area contributed by atoms with Gasteiger partial charge in [-0.25, -0.2) is 9.37 Å². The van der Waals surface area contributed by atoms with Crippen molar-refractivity contribution >= 4 is 17.4 Å². The lowest BCUT2D eigenvalue weighted by Crippen LogP contribution is -2.33. The van der Waals surface area contributed by atoms with Gasteiger partial charge in [0, 0.05) is 19.1 Å². The minimum absolute atomic E-state index is 0.0584. The number of nitrogens with one attached hydrogen (secondary N) is 1. The van der Waals surface area contributed by atoms with Crippen molar-refractivity contribution in [2.45, 2.75) is 31.7 Å². The molecule has 1 fully saturated rings. The number of hydrogen-bond acceptors (Lipinski definition) is 4. The fourth-order valence-corrected chi connectivity index (χ4v) is 2.48. The second-order valence-electron chi connectivity index (χ2n) is 4.68. The Balaban J connectivity index is 1.79. The first-order valence-electron chi connectivity index (χ1n) is 6.29. The zero-order valence-corrected chi connectivity index (χ0v) is 11.3. The van der Waals surface area contributed by atoms with Crippen molar-refractivity contribution in [3.05, 3.63) is 17.3 Å². The average Bonchev–Trinajstić information content (AvgIpc) is 2.87. The zero-order chi connectivity index (χ0) is 13.0. The SMILES string of the molecule is CN(CCNc1nc(Cl)ncc1F)C1CCCC1. The molecule has 0 radical (unpaired) electrons. The summed E-state index contributed by atoms with van der Waals surface area (Å²) in [6.45, 7) is 1.52. The van der Waals surface area contributed by atoms with Crippen molar-refractivity contribution < 1.29 is 4.39 Å². The number of anilines is 1. The van der Waals surface area contributed by atoms with Gasteiger partial charge in [0.1, 0.15) is 0 Å². The van der Waals surface area contributed by atoms with Crippen molar-refractivity contribution in [1.29, 1.82) is 0 Å². The highest BCUT2D eigenvalue weighted by atomic mass is 35.5. The predicted octanol–water partition coefficient (Wildman–Crippen LogP) is 2.56. The number of likely N-dealkylation sites (N-methyl/N-ethyl adjacent to an activating group) is 1. The lowest BCUT2D eigenvalue weighted by Gasteiger charge is -2.24. The van der Waals surface area contributed by atoms with Crippen LogP contribution in [0.4, 0.5) is 10.2 Å². The fraction of sp³-hybridized carbons (Fsp3) is 0.667. The first-order chi connectivity index (χ1) is 8.66. The van der Waals surface area contributed by atoms with Gasteiger partial charge in [-0.15, -0.1) is 0 Å². The molecule has 0 aliphatic heterocycles. The molecule has 1 aromatic heterocycles. The summed E-state index contributed by atoms with van der Waals surface area (Å²) in [6.07, 6.45) is 6.25. The third-order valence-electron chi connectivity index (χ3n) is 3.42. The van der Waals surface area contributed by atoms with Crippen molar-refractivity contribution in [2.24, 2.45) is 0 Å². The lowest BCUT2D eigenvalue weighted by atomic mass is 10.2. The summed E-state index contributed by atoms with van der Waals surface area (Å²) in [5, 5.41) is 3.01. The van der Waals surface area contributed by atoms with E-state index in [0.717, 1.165) is 12.7 Å². The van der Waals surface area contributed by atoms with Crippen molar-refractivity contribution in [3.63, 3.8) is 0 Å². The van der Waals surface area contributed by atoms with E-state index in [1.165, 1.54) is 25.7 Å². The molecule has 0 amide bonds. The van der Waals surface area contributed by atoms with Crippen LogP contribution < -0.4 is 5.32 Å². The molecule has 0 atom stereocenters. The van der Waals surface area contributed by atoms with E-state index < -0.39 is 5.82 Å². The van der Waals surface area contributed by atoms with Crippen LogP contribution in [-0.2, 0) is 0 Å². The summed E-state index contributed by atoms with van der Waals surface area (Å²) in [7, 11) is 2.11. The van der Waals surface area contributed by atoms with Gasteiger partial charge in [-0.2, -0.15) is 4.98 Å². The van der Waals surface area contributed by atoms with Gasteiger partial charge in [-0.1, -0.05) is 12.8 Å². The van der Waals surface area contributed by atoms with Gasteiger partial charge in [-0.3, -0.25) is 0 Å². The molecule has 1 aliphatic rings. The third-order valence-corrected chi connectivity index (χ3v) is 3.60. The molecule has 18 heavy (non-hydrogen) atoms. The van der Waals surface area contributed by atoms with Crippen molar-refractivity contribution in [2.75, 3.05) is 25.5 Å². The minimum atomic E-state index is -0.470. The molecule has 6 heteroatoms. The summed E-state index contributed by atoms with van der Waals surface area (Å²) in [6, 6.07) is 0.672. The summed E-state index contributed by atoms with van der Waals surface area (Å²) in [4.78, 5) is 9.71. The standard InChI is InChI=1S/C12H18ClFN4/c1-18(9-4-2-3-5-9)7-6-15-11-10(14)8-16-12(13)17-11/h8-9H,2-7H2,1H3,(H,15,16,17). The predicted molar refractivity (Wildman–Crippen MR) is 70.4 cm³/mol. The van der Waals surface area contributed by atoms with Crippen LogP contribution in [0.2, 0.25) is 5.28 Å². The molecule has 1 saturated carbocycles. The molecule has 0 spiro atoms. The van der Waals surface area contributed by atoms with E-state index in [1.807, 2.05) is 0 Å². The van der Waals surface area contributed by atoms with Gasteiger partial charge in [-0.05, 0) is 31.5 Å².